The van der Waals surface area contributed by atoms with E-state index in [4.69, 9.17) is 4.74 Å². The molecule has 31 heavy (non-hydrogen) atoms. The molecule has 154 valence electrons. The van der Waals surface area contributed by atoms with Gasteiger partial charge in [-0.05, 0) is 58.7 Å². The van der Waals surface area contributed by atoms with Crippen LogP contribution in [0.1, 0.15) is 23.6 Å². The summed E-state index contributed by atoms with van der Waals surface area (Å²) in [5, 5.41) is 13.0. The Morgan fingerprint density at radius 1 is 0.903 bits per heavy atom. The van der Waals surface area contributed by atoms with Gasteiger partial charge in [0, 0.05) is 23.9 Å². The lowest BCUT2D eigenvalue weighted by Gasteiger charge is -2.12. The smallest absolute Gasteiger partial charge is 0.269 e. The Balaban J connectivity index is 1.63. The number of benzene rings is 4. The quantitative estimate of drug-likeness (QED) is 0.195. The summed E-state index contributed by atoms with van der Waals surface area (Å²) < 4.78 is 6.10. The van der Waals surface area contributed by atoms with Gasteiger partial charge in [-0.3, -0.25) is 15.1 Å². The molecule has 0 aliphatic heterocycles. The molecule has 0 unspecified atom stereocenters. The topological polar surface area (TPSA) is 64.7 Å². The standard InChI is InChI=1S/C26H22N2O3/c1-2-19-7-12-22(13-8-19)27-17-25-24-6-4-3-5-21(24)11-16-26(25)31-18-20-9-14-23(15-10-20)28(29)30/h3-17H,2,18H2,1H3. The van der Waals surface area contributed by atoms with Crippen molar-refractivity contribution in [2.45, 2.75) is 20.0 Å². The lowest BCUT2D eigenvalue weighted by atomic mass is 10.0. The van der Waals surface area contributed by atoms with Gasteiger partial charge >= 0.3 is 0 Å². The Labute approximate surface area is 180 Å². The molecule has 0 saturated heterocycles. The SMILES string of the molecule is CCc1ccc(N=Cc2c(OCc3ccc([N+](=O)[O-])cc3)ccc3ccccc23)cc1. The van der Waals surface area contributed by atoms with E-state index in [0.717, 1.165) is 34.0 Å². The van der Waals surface area contributed by atoms with Gasteiger partial charge in [0.1, 0.15) is 12.4 Å². The van der Waals surface area contributed by atoms with E-state index >= 15 is 0 Å². The molecule has 4 rings (SSSR count). The van der Waals surface area contributed by atoms with Gasteiger partial charge < -0.3 is 4.74 Å². The van der Waals surface area contributed by atoms with Crippen LogP contribution in [0.2, 0.25) is 0 Å². The Kier molecular flexibility index (Phi) is 6.03. The molecule has 5 heteroatoms. The van der Waals surface area contributed by atoms with Crippen molar-refractivity contribution in [3.63, 3.8) is 0 Å². The number of nitro groups is 1. The highest BCUT2D eigenvalue weighted by atomic mass is 16.6. The van der Waals surface area contributed by atoms with E-state index in [0.29, 0.717) is 12.4 Å². The van der Waals surface area contributed by atoms with Gasteiger partial charge in [-0.15, -0.1) is 0 Å². The van der Waals surface area contributed by atoms with E-state index in [9.17, 15) is 10.1 Å². The second-order valence-corrected chi connectivity index (χ2v) is 7.19. The van der Waals surface area contributed by atoms with E-state index in [1.165, 1.54) is 17.7 Å². The van der Waals surface area contributed by atoms with Crippen molar-refractivity contribution in [2.75, 3.05) is 0 Å². The third-order valence-electron chi connectivity index (χ3n) is 5.16. The third-order valence-corrected chi connectivity index (χ3v) is 5.16. The second kappa shape index (κ2) is 9.22. The summed E-state index contributed by atoms with van der Waals surface area (Å²) in [5.74, 6) is 0.714. The molecule has 0 N–H and O–H groups in total. The molecular weight excluding hydrogens is 388 g/mol. The molecule has 0 bridgehead atoms. The molecule has 0 radical (unpaired) electrons. The summed E-state index contributed by atoms with van der Waals surface area (Å²) in [4.78, 5) is 15.1. The van der Waals surface area contributed by atoms with Crippen LogP contribution in [0.15, 0.2) is 89.9 Å². The summed E-state index contributed by atoms with van der Waals surface area (Å²) in [7, 11) is 0. The van der Waals surface area contributed by atoms with Gasteiger partial charge in [0.2, 0.25) is 0 Å². The first-order valence-corrected chi connectivity index (χ1v) is 10.1. The summed E-state index contributed by atoms with van der Waals surface area (Å²) in [6.45, 7) is 2.44. The van der Waals surface area contributed by atoms with Crippen molar-refractivity contribution in [2.24, 2.45) is 4.99 Å². The van der Waals surface area contributed by atoms with E-state index < -0.39 is 4.92 Å². The number of ether oxygens (including phenoxy) is 1. The van der Waals surface area contributed by atoms with Gasteiger partial charge in [0.25, 0.3) is 5.69 Å². The van der Waals surface area contributed by atoms with Crippen LogP contribution < -0.4 is 4.74 Å². The van der Waals surface area contributed by atoms with Gasteiger partial charge in [-0.1, -0.05) is 49.4 Å². The van der Waals surface area contributed by atoms with Crippen LogP contribution in [0.5, 0.6) is 5.75 Å². The van der Waals surface area contributed by atoms with Crippen LogP contribution in [0, 0.1) is 10.1 Å². The minimum atomic E-state index is -0.407. The van der Waals surface area contributed by atoms with Crippen LogP contribution in [0.3, 0.4) is 0 Å². The van der Waals surface area contributed by atoms with Crippen molar-refractivity contribution in [3.8, 4) is 5.75 Å². The average Bonchev–Trinajstić information content (AvgIpc) is 2.82. The number of hydrogen-bond acceptors (Lipinski definition) is 4. The maximum atomic E-state index is 10.8. The highest BCUT2D eigenvalue weighted by Gasteiger charge is 2.09. The van der Waals surface area contributed by atoms with Crippen molar-refractivity contribution in [3.05, 3.63) is 112 Å². The van der Waals surface area contributed by atoms with E-state index in [2.05, 4.69) is 36.2 Å². The zero-order chi connectivity index (χ0) is 21.6. The van der Waals surface area contributed by atoms with E-state index in [1.807, 2.05) is 42.6 Å². The molecule has 5 nitrogen and oxygen atoms in total. The van der Waals surface area contributed by atoms with Crippen LogP contribution in [0.4, 0.5) is 11.4 Å². The van der Waals surface area contributed by atoms with Gasteiger partial charge in [-0.2, -0.15) is 0 Å². The Morgan fingerprint density at radius 3 is 2.32 bits per heavy atom. The lowest BCUT2D eigenvalue weighted by Crippen LogP contribution is -1.99. The first-order chi connectivity index (χ1) is 15.1. The van der Waals surface area contributed by atoms with Gasteiger partial charge in [-0.25, -0.2) is 0 Å². The number of fused-ring (bicyclic) bond motifs is 1. The summed E-state index contributed by atoms with van der Waals surface area (Å²) in [5.41, 5.74) is 3.98. The molecule has 0 amide bonds. The molecule has 0 atom stereocenters. The molecule has 0 heterocycles. The first-order valence-electron chi connectivity index (χ1n) is 10.1. The van der Waals surface area contributed by atoms with Crippen molar-refractivity contribution >= 4 is 28.4 Å². The highest BCUT2D eigenvalue weighted by molar-refractivity contribution is 6.03. The van der Waals surface area contributed by atoms with Crippen LogP contribution in [0.25, 0.3) is 10.8 Å². The summed E-state index contributed by atoms with van der Waals surface area (Å²) in [6, 6.07) is 26.7. The number of rotatable bonds is 7. The van der Waals surface area contributed by atoms with Crippen molar-refractivity contribution in [1.82, 2.24) is 0 Å². The Bertz CT molecular complexity index is 1230. The van der Waals surface area contributed by atoms with Crippen molar-refractivity contribution < 1.29 is 9.66 Å². The Morgan fingerprint density at radius 2 is 1.61 bits per heavy atom. The van der Waals surface area contributed by atoms with Crippen LogP contribution in [-0.2, 0) is 13.0 Å². The lowest BCUT2D eigenvalue weighted by molar-refractivity contribution is -0.384. The van der Waals surface area contributed by atoms with Crippen LogP contribution >= 0.6 is 0 Å². The molecule has 4 aromatic carbocycles. The minimum absolute atomic E-state index is 0.0661. The fourth-order valence-electron chi connectivity index (χ4n) is 3.37. The molecule has 4 aromatic rings. The number of nitrogens with zero attached hydrogens (tertiary/aromatic N) is 2. The zero-order valence-corrected chi connectivity index (χ0v) is 17.2. The normalized spacial score (nSPS) is 11.1. The van der Waals surface area contributed by atoms with Crippen molar-refractivity contribution in [1.29, 1.82) is 0 Å². The number of non-ortho nitro benzene ring substituents is 1. The van der Waals surface area contributed by atoms with Gasteiger partial charge in [0.15, 0.2) is 0 Å². The largest absolute Gasteiger partial charge is 0.488 e. The molecule has 0 saturated carbocycles. The van der Waals surface area contributed by atoms with Crippen LogP contribution in [-0.4, -0.2) is 11.1 Å². The fraction of sp³-hybridized carbons (Fsp3) is 0.115. The number of hydrogen-bond donors (Lipinski definition) is 0. The number of aliphatic imine (C=N–C) groups is 1. The zero-order valence-electron chi connectivity index (χ0n) is 17.2. The first kappa shape index (κ1) is 20.3. The molecule has 0 fully saturated rings. The average molecular weight is 410 g/mol. The fourth-order valence-corrected chi connectivity index (χ4v) is 3.37. The van der Waals surface area contributed by atoms with Gasteiger partial charge in [0.05, 0.1) is 10.6 Å². The van der Waals surface area contributed by atoms with E-state index in [1.54, 1.807) is 12.1 Å². The summed E-state index contributed by atoms with van der Waals surface area (Å²) >= 11 is 0. The highest BCUT2D eigenvalue weighted by Crippen LogP contribution is 2.28. The number of nitro benzene ring substituents is 1. The molecular formula is C26H22N2O3. The maximum Gasteiger partial charge on any atom is 0.269 e. The maximum absolute atomic E-state index is 10.8. The monoisotopic (exact) mass is 410 g/mol. The molecule has 0 aromatic heterocycles. The predicted octanol–water partition coefficient (Wildman–Crippen LogP) is 6.64. The molecule has 0 aliphatic carbocycles. The third kappa shape index (κ3) is 4.78. The minimum Gasteiger partial charge on any atom is -0.488 e. The number of aryl methyl sites for hydroxylation is 1. The molecule has 0 spiro atoms. The summed E-state index contributed by atoms with van der Waals surface area (Å²) in [6.07, 6.45) is 2.84. The predicted molar refractivity (Wildman–Crippen MR) is 124 cm³/mol. The molecule has 0 aliphatic rings. The van der Waals surface area contributed by atoms with E-state index in [-0.39, 0.29) is 5.69 Å². The Hall–Kier alpha value is -3.99. The second-order valence-electron chi connectivity index (χ2n) is 7.19.